The van der Waals surface area contributed by atoms with E-state index in [1.807, 2.05) is 11.1 Å². The molecular formula is C20H26FN5O. The first-order valence-corrected chi connectivity index (χ1v) is 9.74. The van der Waals surface area contributed by atoms with Gasteiger partial charge in [-0.2, -0.15) is 0 Å². The number of piperazine rings is 1. The number of aromatic amines is 1. The van der Waals surface area contributed by atoms with Crippen LogP contribution in [0.5, 0.6) is 0 Å². The van der Waals surface area contributed by atoms with Crippen LogP contribution >= 0.6 is 0 Å². The molecule has 1 aromatic carbocycles. The summed E-state index contributed by atoms with van der Waals surface area (Å²) in [7, 11) is 0. The average molecular weight is 371 g/mol. The van der Waals surface area contributed by atoms with Gasteiger partial charge in [-0.15, -0.1) is 0 Å². The number of nitrogens with zero attached hydrogens (tertiary/aromatic N) is 3. The molecule has 2 aromatic rings. The van der Waals surface area contributed by atoms with Crippen molar-refractivity contribution in [2.75, 3.05) is 39.3 Å². The molecule has 0 bridgehead atoms. The van der Waals surface area contributed by atoms with Crippen LogP contribution in [0, 0.1) is 5.82 Å². The number of nitrogens with one attached hydrogen (secondary N) is 2. The SMILES string of the molecule is O=C(CCN1CCCC1c1ncc(-c2ccc(F)cc2)[nH]1)N1CCNCC1. The van der Waals surface area contributed by atoms with Gasteiger partial charge in [-0.3, -0.25) is 9.69 Å². The van der Waals surface area contributed by atoms with Gasteiger partial charge in [0, 0.05) is 39.1 Å². The third-order valence-corrected chi connectivity index (χ3v) is 5.51. The Labute approximate surface area is 158 Å². The second kappa shape index (κ2) is 8.19. The highest BCUT2D eigenvalue weighted by Crippen LogP contribution is 2.31. The van der Waals surface area contributed by atoms with E-state index >= 15 is 0 Å². The molecule has 1 atom stereocenters. The number of carbonyl (C=O) groups excluding carboxylic acids is 1. The molecule has 144 valence electrons. The highest BCUT2D eigenvalue weighted by atomic mass is 19.1. The summed E-state index contributed by atoms with van der Waals surface area (Å²) in [6.45, 7) is 5.14. The van der Waals surface area contributed by atoms with Crippen molar-refractivity contribution in [1.29, 1.82) is 0 Å². The summed E-state index contributed by atoms with van der Waals surface area (Å²) in [6.07, 6.45) is 4.52. The van der Waals surface area contributed by atoms with Crippen LogP contribution in [0.3, 0.4) is 0 Å². The van der Waals surface area contributed by atoms with Gasteiger partial charge in [0.05, 0.1) is 17.9 Å². The topological polar surface area (TPSA) is 64.3 Å². The first-order valence-electron chi connectivity index (χ1n) is 9.74. The molecule has 27 heavy (non-hydrogen) atoms. The molecule has 2 aliphatic rings. The Balaban J connectivity index is 1.38. The van der Waals surface area contributed by atoms with E-state index in [1.54, 1.807) is 12.1 Å². The number of likely N-dealkylation sites (tertiary alicyclic amines) is 1. The minimum Gasteiger partial charge on any atom is -0.341 e. The van der Waals surface area contributed by atoms with E-state index in [9.17, 15) is 9.18 Å². The second-order valence-corrected chi connectivity index (χ2v) is 7.26. The van der Waals surface area contributed by atoms with Gasteiger partial charge in [-0.25, -0.2) is 9.37 Å². The van der Waals surface area contributed by atoms with E-state index in [4.69, 9.17) is 0 Å². The van der Waals surface area contributed by atoms with Crippen LogP contribution in [-0.2, 0) is 4.79 Å². The van der Waals surface area contributed by atoms with Gasteiger partial charge in [0.15, 0.2) is 0 Å². The van der Waals surface area contributed by atoms with E-state index < -0.39 is 0 Å². The molecule has 4 rings (SSSR count). The lowest BCUT2D eigenvalue weighted by molar-refractivity contribution is -0.132. The van der Waals surface area contributed by atoms with Gasteiger partial charge in [0.1, 0.15) is 11.6 Å². The molecule has 2 saturated heterocycles. The number of H-pyrrole nitrogens is 1. The predicted octanol–water partition coefficient (Wildman–Crippen LogP) is 2.17. The molecule has 1 unspecified atom stereocenters. The minimum absolute atomic E-state index is 0.218. The van der Waals surface area contributed by atoms with Crippen LogP contribution in [0.15, 0.2) is 30.5 Å². The first kappa shape index (κ1) is 18.1. The smallest absolute Gasteiger partial charge is 0.223 e. The van der Waals surface area contributed by atoms with Gasteiger partial charge in [-0.1, -0.05) is 0 Å². The zero-order chi connectivity index (χ0) is 18.6. The zero-order valence-corrected chi connectivity index (χ0v) is 15.5. The van der Waals surface area contributed by atoms with E-state index in [0.717, 1.165) is 69.2 Å². The molecular weight excluding hydrogens is 345 g/mol. The number of aromatic nitrogens is 2. The van der Waals surface area contributed by atoms with Crippen LogP contribution in [0.1, 0.15) is 31.1 Å². The normalized spacial score (nSPS) is 20.9. The Hall–Kier alpha value is -2.25. The van der Waals surface area contributed by atoms with Crippen molar-refractivity contribution >= 4 is 5.91 Å². The van der Waals surface area contributed by atoms with Crippen molar-refractivity contribution in [1.82, 2.24) is 25.1 Å². The Morgan fingerprint density at radius 1 is 1.19 bits per heavy atom. The summed E-state index contributed by atoms with van der Waals surface area (Å²) in [6, 6.07) is 6.64. The summed E-state index contributed by atoms with van der Waals surface area (Å²) in [5.41, 5.74) is 1.82. The Kier molecular flexibility index (Phi) is 5.50. The maximum Gasteiger partial charge on any atom is 0.223 e. The van der Waals surface area contributed by atoms with Crippen LogP contribution in [0.4, 0.5) is 4.39 Å². The molecule has 3 heterocycles. The van der Waals surface area contributed by atoms with Crippen LogP contribution in [0.25, 0.3) is 11.3 Å². The first-order chi connectivity index (χ1) is 13.2. The lowest BCUT2D eigenvalue weighted by atomic mass is 10.1. The molecule has 7 heteroatoms. The maximum absolute atomic E-state index is 13.1. The zero-order valence-electron chi connectivity index (χ0n) is 15.5. The van der Waals surface area contributed by atoms with Crippen molar-refractivity contribution in [3.63, 3.8) is 0 Å². The van der Waals surface area contributed by atoms with Gasteiger partial charge in [0.25, 0.3) is 0 Å². The molecule has 0 radical (unpaired) electrons. The van der Waals surface area contributed by atoms with Crippen molar-refractivity contribution < 1.29 is 9.18 Å². The van der Waals surface area contributed by atoms with Gasteiger partial charge < -0.3 is 15.2 Å². The quantitative estimate of drug-likeness (QED) is 0.846. The van der Waals surface area contributed by atoms with Gasteiger partial charge in [-0.05, 0) is 49.2 Å². The fraction of sp³-hybridized carbons (Fsp3) is 0.500. The Morgan fingerprint density at radius 3 is 2.74 bits per heavy atom. The largest absolute Gasteiger partial charge is 0.341 e. The fourth-order valence-electron chi connectivity index (χ4n) is 4.00. The number of rotatable bonds is 5. The standard InChI is InChI=1S/C20H26FN5O/c21-16-5-3-15(4-6-16)17-14-23-20(24-17)18-2-1-10-25(18)11-7-19(27)26-12-8-22-9-13-26/h3-6,14,18,22H,1-2,7-13H2,(H,23,24). The van der Waals surface area contributed by atoms with E-state index in [0.29, 0.717) is 6.42 Å². The number of carbonyl (C=O) groups is 1. The second-order valence-electron chi connectivity index (χ2n) is 7.26. The van der Waals surface area contributed by atoms with E-state index in [1.165, 1.54) is 12.1 Å². The van der Waals surface area contributed by atoms with Crippen LogP contribution in [0.2, 0.25) is 0 Å². The fourth-order valence-corrected chi connectivity index (χ4v) is 4.00. The maximum atomic E-state index is 13.1. The number of benzene rings is 1. The van der Waals surface area contributed by atoms with Crippen molar-refractivity contribution in [2.24, 2.45) is 0 Å². The highest BCUT2D eigenvalue weighted by Gasteiger charge is 2.29. The average Bonchev–Trinajstić information content (AvgIpc) is 3.36. The Bertz CT molecular complexity index is 769. The van der Waals surface area contributed by atoms with Crippen LogP contribution in [-0.4, -0.2) is 64.9 Å². The third-order valence-electron chi connectivity index (χ3n) is 5.51. The van der Waals surface area contributed by atoms with Crippen molar-refractivity contribution in [3.8, 4) is 11.3 Å². The van der Waals surface area contributed by atoms with Crippen LogP contribution < -0.4 is 5.32 Å². The predicted molar refractivity (Wildman–Crippen MR) is 102 cm³/mol. The number of hydrogen-bond acceptors (Lipinski definition) is 4. The lowest BCUT2D eigenvalue weighted by Gasteiger charge is -2.29. The summed E-state index contributed by atoms with van der Waals surface area (Å²) in [5, 5.41) is 3.28. The van der Waals surface area contributed by atoms with Gasteiger partial charge >= 0.3 is 0 Å². The minimum atomic E-state index is -0.241. The number of imidazole rings is 1. The monoisotopic (exact) mass is 371 g/mol. The molecule has 0 spiro atoms. The third kappa shape index (κ3) is 4.20. The number of halogens is 1. The summed E-state index contributed by atoms with van der Waals surface area (Å²) >= 11 is 0. The van der Waals surface area contributed by atoms with E-state index in [-0.39, 0.29) is 17.8 Å². The molecule has 0 saturated carbocycles. The number of amides is 1. The highest BCUT2D eigenvalue weighted by molar-refractivity contribution is 5.76. The summed E-state index contributed by atoms with van der Waals surface area (Å²) in [4.78, 5) is 24.7. The molecule has 0 aliphatic carbocycles. The Morgan fingerprint density at radius 2 is 1.96 bits per heavy atom. The number of hydrogen-bond donors (Lipinski definition) is 2. The molecule has 2 fully saturated rings. The molecule has 1 aromatic heterocycles. The van der Waals surface area contributed by atoms with E-state index in [2.05, 4.69) is 20.2 Å². The lowest BCUT2D eigenvalue weighted by Crippen LogP contribution is -2.47. The molecule has 2 aliphatic heterocycles. The van der Waals surface area contributed by atoms with Gasteiger partial charge in [0.2, 0.25) is 5.91 Å². The summed E-state index contributed by atoms with van der Waals surface area (Å²) < 4.78 is 13.1. The molecule has 6 nitrogen and oxygen atoms in total. The summed E-state index contributed by atoms with van der Waals surface area (Å²) in [5.74, 6) is 0.935. The van der Waals surface area contributed by atoms with Crippen molar-refractivity contribution in [2.45, 2.75) is 25.3 Å². The molecule has 2 N–H and O–H groups in total. The van der Waals surface area contributed by atoms with Crippen molar-refractivity contribution in [3.05, 3.63) is 42.1 Å². The molecule has 1 amide bonds.